The second-order valence-electron chi connectivity index (χ2n) is 6.55. The van der Waals surface area contributed by atoms with E-state index in [1.807, 2.05) is 38.2 Å². The minimum Gasteiger partial charge on any atom is -0.496 e. The minimum absolute atomic E-state index is 0. The van der Waals surface area contributed by atoms with Crippen LogP contribution in [-0.4, -0.2) is 61.3 Å². The summed E-state index contributed by atoms with van der Waals surface area (Å²) in [4.78, 5) is 9.08. The number of aromatic nitrogens is 1. The lowest BCUT2D eigenvalue weighted by atomic mass is 10.2. The molecular weight excluding hydrogens is 493 g/mol. The molecule has 0 radical (unpaired) electrons. The summed E-state index contributed by atoms with van der Waals surface area (Å²) >= 11 is 6.03. The molecule has 154 valence electrons. The van der Waals surface area contributed by atoms with Crippen LogP contribution in [0.3, 0.4) is 0 Å². The second-order valence-corrected chi connectivity index (χ2v) is 6.99. The summed E-state index contributed by atoms with van der Waals surface area (Å²) in [5, 5.41) is 8.17. The molecule has 1 saturated heterocycles. The van der Waals surface area contributed by atoms with E-state index >= 15 is 0 Å². The molecule has 0 unspecified atom stereocenters. The average Bonchev–Trinajstić information content (AvgIpc) is 3.09. The summed E-state index contributed by atoms with van der Waals surface area (Å²) in [6.45, 7) is 7.10. The lowest BCUT2D eigenvalue weighted by Gasteiger charge is -2.36. The van der Waals surface area contributed by atoms with E-state index in [1.54, 1.807) is 7.11 Å². The van der Waals surface area contributed by atoms with E-state index in [1.165, 1.54) is 0 Å². The van der Waals surface area contributed by atoms with E-state index < -0.39 is 0 Å². The van der Waals surface area contributed by atoms with Crippen molar-refractivity contribution in [2.75, 3.05) is 40.3 Å². The third-order valence-electron chi connectivity index (χ3n) is 4.63. The van der Waals surface area contributed by atoms with Gasteiger partial charge in [-0.2, -0.15) is 0 Å². The Morgan fingerprint density at radius 3 is 2.64 bits per heavy atom. The smallest absolute Gasteiger partial charge is 0.194 e. The standard InChI is InChI=1S/C19H26ClN5O2.HI/c1-14-10-17(23-27-14)13-24-6-8-25(9-7-24)19(21-2)22-12-15-4-5-16(20)11-18(15)26-3;/h4-5,10-11H,6-9,12-13H2,1-3H3,(H,21,22);1H. The predicted molar refractivity (Wildman–Crippen MR) is 122 cm³/mol. The Kier molecular flexibility index (Phi) is 8.84. The van der Waals surface area contributed by atoms with Gasteiger partial charge in [-0.15, -0.1) is 24.0 Å². The fraction of sp³-hybridized carbons (Fsp3) is 0.474. The number of halogens is 2. The van der Waals surface area contributed by atoms with E-state index in [2.05, 4.69) is 25.3 Å². The van der Waals surface area contributed by atoms with Gasteiger partial charge in [0.05, 0.1) is 12.8 Å². The Bertz CT molecular complexity index is 790. The van der Waals surface area contributed by atoms with Gasteiger partial charge in [0.15, 0.2) is 5.96 Å². The van der Waals surface area contributed by atoms with Crippen molar-refractivity contribution >= 4 is 41.5 Å². The molecule has 28 heavy (non-hydrogen) atoms. The zero-order valence-corrected chi connectivity index (χ0v) is 19.5. The molecule has 7 nitrogen and oxygen atoms in total. The Morgan fingerprint density at radius 2 is 2.04 bits per heavy atom. The van der Waals surface area contributed by atoms with Crippen LogP contribution in [0.1, 0.15) is 17.0 Å². The minimum atomic E-state index is 0. The van der Waals surface area contributed by atoms with Crippen LogP contribution in [0.15, 0.2) is 33.8 Å². The number of methoxy groups -OCH3 is 1. The highest BCUT2D eigenvalue weighted by molar-refractivity contribution is 14.0. The first-order valence-electron chi connectivity index (χ1n) is 9.01. The number of nitrogens with one attached hydrogen (secondary N) is 1. The average molecular weight is 520 g/mol. The van der Waals surface area contributed by atoms with Crippen LogP contribution in [-0.2, 0) is 13.1 Å². The molecule has 9 heteroatoms. The van der Waals surface area contributed by atoms with Crippen LogP contribution in [0, 0.1) is 6.92 Å². The molecule has 2 aromatic rings. The monoisotopic (exact) mass is 519 g/mol. The van der Waals surface area contributed by atoms with Crippen LogP contribution in [0.4, 0.5) is 0 Å². The maximum absolute atomic E-state index is 6.03. The van der Waals surface area contributed by atoms with Gasteiger partial charge in [0.2, 0.25) is 0 Å². The molecule has 1 aromatic carbocycles. The SMILES string of the molecule is CN=C(NCc1ccc(Cl)cc1OC)N1CCN(Cc2cc(C)on2)CC1.I. The van der Waals surface area contributed by atoms with E-state index in [9.17, 15) is 0 Å². The number of aliphatic imine (C=N–C) groups is 1. The highest BCUT2D eigenvalue weighted by Gasteiger charge is 2.20. The molecule has 2 heterocycles. The van der Waals surface area contributed by atoms with Crippen molar-refractivity contribution in [3.63, 3.8) is 0 Å². The van der Waals surface area contributed by atoms with Crippen molar-refractivity contribution in [2.24, 2.45) is 4.99 Å². The quantitative estimate of drug-likeness (QED) is 0.372. The number of hydrogen-bond acceptors (Lipinski definition) is 5. The number of benzene rings is 1. The van der Waals surface area contributed by atoms with Gasteiger partial charge in [-0.05, 0) is 19.1 Å². The molecule has 0 saturated carbocycles. The molecule has 1 aliphatic heterocycles. The van der Waals surface area contributed by atoms with E-state index in [0.29, 0.717) is 11.6 Å². The van der Waals surface area contributed by atoms with Gasteiger partial charge in [0, 0.05) is 63.0 Å². The first-order chi connectivity index (χ1) is 13.1. The van der Waals surface area contributed by atoms with Gasteiger partial charge in [0.1, 0.15) is 11.5 Å². The summed E-state index contributed by atoms with van der Waals surface area (Å²) in [7, 11) is 3.46. The summed E-state index contributed by atoms with van der Waals surface area (Å²) in [5.41, 5.74) is 2.03. The lowest BCUT2D eigenvalue weighted by Crippen LogP contribution is -2.52. The largest absolute Gasteiger partial charge is 0.496 e. The van der Waals surface area contributed by atoms with Gasteiger partial charge in [-0.25, -0.2) is 0 Å². The topological polar surface area (TPSA) is 66.1 Å². The van der Waals surface area contributed by atoms with Gasteiger partial charge in [-0.1, -0.05) is 22.8 Å². The fourth-order valence-corrected chi connectivity index (χ4v) is 3.37. The van der Waals surface area contributed by atoms with Crippen LogP contribution in [0.25, 0.3) is 0 Å². The van der Waals surface area contributed by atoms with Crippen molar-refractivity contribution in [1.29, 1.82) is 0 Å². The molecule has 0 atom stereocenters. The van der Waals surface area contributed by atoms with E-state index in [4.69, 9.17) is 20.9 Å². The summed E-state index contributed by atoms with van der Waals surface area (Å²) in [6, 6.07) is 7.66. The molecule has 1 N–H and O–H groups in total. The maximum atomic E-state index is 6.03. The molecule has 0 aliphatic carbocycles. The number of aryl methyl sites for hydroxylation is 1. The van der Waals surface area contributed by atoms with Crippen molar-refractivity contribution in [1.82, 2.24) is 20.3 Å². The van der Waals surface area contributed by atoms with Gasteiger partial charge >= 0.3 is 0 Å². The van der Waals surface area contributed by atoms with E-state index in [-0.39, 0.29) is 24.0 Å². The van der Waals surface area contributed by atoms with E-state index in [0.717, 1.165) is 61.5 Å². The number of hydrogen-bond donors (Lipinski definition) is 1. The number of nitrogens with zero attached hydrogens (tertiary/aromatic N) is 4. The second kappa shape index (κ2) is 10.9. The van der Waals surface area contributed by atoms with Crippen molar-refractivity contribution in [3.8, 4) is 5.75 Å². The molecule has 1 aliphatic rings. The Morgan fingerprint density at radius 1 is 1.29 bits per heavy atom. The van der Waals surface area contributed by atoms with Crippen LogP contribution >= 0.6 is 35.6 Å². The maximum Gasteiger partial charge on any atom is 0.194 e. The Balaban J connectivity index is 0.00000280. The predicted octanol–water partition coefficient (Wildman–Crippen LogP) is 3.16. The molecular formula is C19H27ClIN5O2. The zero-order valence-electron chi connectivity index (χ0n) is 16.4. The number of ether oxygens (including phenoxy) is 1. The van der Waals surface area contributed by atoms with Crippen LogP contribution in [0.5, 0.6) is 5.75 Å². The zero-order chi connectivity index (χ0) is 19.2. The number of rotatable bonds is 5. The highest BCUT2D eigenvalue weighted by Crippen LogP contribution is 2.23. The van der Waals surface area contributed by atoms with Crippen molar-refractivity contribution < 1.29 is 9.26 Å². The molecule has 0 spiro atoms. The lowest BCUT2D eigenvalue weighted by molar-refractivity contribution is 0.169. The van der Waals surface area contributed by atoms with Crippen molar-refractivity contribution in [3.05, 3.63) is 46.3 Å². The molecule has 0 amide bonds. The Hall–Kier alpha value is -1.52. The van der Waals surface area contributed by atoms with Crippen LogP contribution < -0.4 is 10.1 Å². The first-order valence-corrected chi connectivity index (χ1v) is 9.39. The van der Waals surface area contributed by atoms with Gasteiger partial charge < -0.3 is 19.5 Å². The Labute approximate surface area is 188 Å². The van der Waals surface area contributed by atoms with Crippen LogP contribution in [0.2, 0.25) is 5.02 Å². The van der Waals surface area contributed by atoms with Crippen molar-refractivity contribution in [2.45, 2.75) is 20.0 Å². The molecule has 0 bridgehead atoms. The normalized spacial score (nSPS) is 15.3. The summed E-state index contributed by atoms with van der Waals surface area (Å²) in [6.07, 6.45) is 0. The fourth-order valence-electron chi connectivity index (χ4n) is 3.21. The third-order valence-corrected chi connectivity index (χ3v) is 4.87. The summed E-state index contributed by atoms with van der Waals surface area (Å²) in [5.74, 6) is 2.52. The number of guanidine groups is 1. The first kappa shape index (κ1) is 22.8. The molecule has 1 aromatic heterocycles. The third kappa shape index (κ3) is 5.99. The number of piperazine rings is 1. The highest BCUT2D eigenvalue weighted by atomic mass is 127. The van der Waals surface area contributed by atoms with Gasteiger partial charge in [0.25, 0.3) is 0 Å². The summed E-state index contributed by atoms with van der Waals surface area (Å²) < 4.78 is 10.6. The molecule has 1 fully saturated rings. The van der Waals surface area contributed by atoms with Gasteiger partial charge in [-0.3, -0.25) is 9.89 Å². The molecule has 3 rings (SSSR count).